The second-order valence-electron chi connectivity index (χ2n) is 3.36. The lowest BCUT2D eigenvalue weighted by atomic mass is 9.99. The third-order valence-corrected chi connectivity index (χ3v) is 3.13. The molecule has 0 N–H and O–H groups in total. The van der Waals surface area contributed by atoms with Crippen LogP contribution >= 0.6 is 23.2 Å². The number of benzene rings is 1. The van der Waals surface area contributed by atoms with E-state index in [0.29, 0.717) is 22.2 Å². The Morgan fingerprint density at radius 1 is 1.29 bits per heavy atom. The van der Waals surface area contributed by atoms with Gasteiger partial charge >= 0.3 is 0 Å². The van der Waals surface area contributed by atoms with Gasteiger partial charge in [0.25, 0.3) is 5.91 Å². The molecule has 1 heterocycles. The van der Waals surface area contributed by atoms with Gasteiger partial charge in [0.1, 0.15) is 0 Å². The van der Waals surface area contributed by atoms with Gasteiger partial charge in [-0.25, -0.2) is 0 Å². The Labute approximate surface area is 92.4 Å². The number of likely N-dealkylation sites (N-methyl/N-ethyl adjacent to an activating group) is 1. The molecule has 4 heteroatoms. The maximum Gasteiger partial charge on any atom is 0.255 e. The zero-order valence-electron chi connectivity index (χ0n) is 7.68. The van der Waals surface area contributed by atoms with Crippen molar-refractivity contribution in [2.24, 2.45) is 0 Å². The number of halogens is 2. The van der Waals surface area contributed by atoms with Crippen LogP contribution in [0.3, 0.4) is 0 Å². The zero-order chi connectivity index (χ0) is 10.3. The van der Waals surface area contributed by atoms with Gasteiger partial charge in [-0.3, -0.25) is 4.79 Å². The quantitative estimate of drug-likeness (QED) is 0.670. The van der Waals surface area contributed by atoms with E-state index in [0.717, 1.165) is 12.0 Å². The fraction of sp³-hybridized carbons (Fsp3) is 0.300. The van der Waals surface area contributed by atoms with Gasteiger partial charge in [0, 0.05) is 18.6 Å². The van der Waals surface area contributed by atoms with E-state index in [4.69, 9.17) is 23.2 Å². The summed E-state index contributed by atoms with van der Waals surface area (Å²) in [6.45, 7) is 0.700. The van der Waals surface area contributed by atoms with Crippen LogP contribution in [0.5, 0.6) is 0 Å². The maximum absolute atomic E-state index is 11.8. The van der Waals surface area contributed by atoms with Crippen molar-refractivity contribution in [3.63, 3.8) is 0 Å². The lowest BCUT2D eigenvalue weighted by Gasteiger charge is -2.26. The van der Waals surface area contributed by atoms with E-state index in [-0.39, 0.29) is 5.91 Å². The van der Waals surface area contributed by atoms with E-state index in [1.807, 2.05) is 0 Å². The number of carbonyl (C=O) groups is 1. The topological polar surface area (TPSA) is 20.3 Å². The van der Waals surface area contributed by atoms with Crippen molar-refractivity contribution >= 4 is 29.1 Å². The van der Waals surface area contributed by atoms with Crippen molar-refractivity contribution in [1.29, 1.82) is 0 Å². The molecule has 0 unspecified atom stereocenters. The minimum absolute atomic E-state index is 0.0428. The Kier molecular flexibility index (Phi) is 2.41. The zero-order valence-corrected chi connectivity index (χ0v) is 9.19. The smallest absolute Gasteiger partial charge is 0.255 e. The molecule has 0 aromatic heterocycles. The average Bonchev–Trinajstić information content (AvgIpc) is 2.16. The Morgan fingerprint density at radius 2 is 1.93 bits per heavy atom. The molecule has 1 aromatic carbocycles. The molecule has 0 radical (unpaired) electrons. The predicted molar refractivity (Wildman–Crippen MR) is 57.1 cm³/mol. The lowest BCUT2D eigenvalue weighted by molar-refractivity contribution is 0.0781. The summed E-state index contributed by atoms with van der Waals surface area (Å²) in [7, 11) is 1.77. The van der Waals surface area contributed by atoms with E-state index in [1.54, 1.807) is 24.1 Å². The van der Waals surface area contributed by atoms with Crippen LogP contribution in [0.1, 0.15) is 15.9 Å². The molecule has 2 rings (SSSR count). The van der Waals surface area contributed by atoms with Crippen molar-refractivity contribution in [1.82, 2.24) is 4.90 Å². The number of amides is 1. The molecule has 0 fully saturated rings. The van der Waals surface area contributed by atoms with Gasteiger partial charge in [0.15, 0.2) is 0 Å². The number of fused-ring (bicyclic) bond motifs is 1. The van der Waals surface area contributed by atoms with E-state index in [2.05, 4.69) is 0 Å². The number of nitrogens with zero attached hydrogens (tertiary/aromatic N) is 1. The molecule has 1 aliphatic heterocycles. The molecule has 0 saturated carbocycles. The molecular weight excluding hydrogens is 221 g/mol. The first-order valence-electron chi connectivity index (χ1n) is 4.33. The van der Waals surface area contributed by atoms with Crippen LogP contribution < -0.4 is 0 Å². The summed E-state index contributed by atoms with van der Waals surface area (Å²) in [4.78, 5) is 13.4. The van der Waals surface area contributed by atoms with Crippen LogP contribution in [-0.2, 0) is 6.42 Å². The minimum Gasteiger partial charge on any atom is -0.341 e. The van der Waals surface area contributed by atoms with Crippen molar-refractivity contribution in [3.8, 4) is 0 Å². The fourth-order valence-electron chi connectivity index (χ4n) is 1.64. The highest BCUT2D eigenvalue weighted by Crippen LogP contribution is 2.30. The molecule has 74 valence electrons. The van der Waals surface area contributed by atoms with E-state index in [1.165, 1.54) is 0 Å². The third kappa shape index (κ3) is 1.39. The van der Waals surface area contributed by atoms with Gasteiger partial charge < -0.3 is 4.90 Å². The minimum atomic E-state index is -0.0428. The standard InChI is InChI=1S/C10H9Cl2NO/c1-13-5-4-6-7(11)2-3-8(12)9(6)10(13)14/h2-3H,4-5H2,1H3. The van der Waals surface area contributed by atoms with Crippen LogP contribution in [0.4, 0.5) is 0 Å². The van der Waals surface area contributed by atoms with Crippen molar-refractivity contribution in [3.05, 3.63) is 33.3 Å². The van der Waals surface area contributed by atoms with Gasteiger partial charge in [-0.15, -0.1) is 0 Å². The van der Waals surface area contributed by atoms with Crippen LogP contribution in [-0.4, -0.2) is 24.4 Å². The number of carbonyl (C=O) groups excluding carboxylic acids is 1. The van der Waals surface area contributed by atoms with Crippen LogP contribution in [0.15, 0.2) is 12.1 Å². The number of hydrogen-bond donors (Lipinski definition) is 0. The van der Waals surface area contributed by atoms with Crippen molar-refractivity contribution in [2.75, 3.05) is 13.6 Å². The van der Waals surface area contributed by atoms with E-state index in [9.17, 15) is 4.79 Å². The maximum atomic E-state index is 11.8. The van der Waals surface area contributed by atoms with Gasteiger partial charge in [-0.1, -0.05) is 23.2 Å². The Hall–Kier alpha value is -0.730. The Balaban J connectivity index is 2.64. The van der Waals surface area contributed by atoms with Crippen LogP contribution in [0.25, 0.3) is 0 Å². The van der Waals surface area contributed by atoms with Gasteiger partial charge in [-0.2, -0.15) is 0 Å². The van der Waals surface area contributed by atoms with Crippen molar-refractivity contribution < 1.29 is 4.79 Å². The van der Waals surface area contributed by atoms with Crippen LogP contribution in [0, 0.1) is 0 Å². The van der Waals surface area contributed by atoms with Gasteiger partial charge in [0.05, 0.1) is 10.6 Å². The molecule has 1 amide bonds. The first-order valence-corrected chi connectivity index (χ1v) is 5.09. The largest absolute Gasteiger partial charge is 0.341 e. The molecule has 2 nitrogen and oxygen atoms in total. The summed E-state index contributed by atoms with van der Waals surface area (Å²) in [6, 6.07) is 3.40. The second-order valence-corrected chi connectivity index (χ2v) is 4.17. The molecule has 1 aliphatic rings. The summed E-state index contributed by atoms with van der Waals surface area (Å²) in [5, 5.41) is 1.12. The molecular formula is C10H9Cl2NO. The van der Waals surface area contributed by atoms with Crippen LogP contribution in [0.2, 0.25) is 10.0 Å². The number of hydrogen-bond acceptors (Lipinski definition) is 1. The average molecular weight is 230 g/mol. The summed E-state index contributed by atoms with van der Waals surface area (Å²) in [5.74, 6) is -0.0428. The SMILES string of the molecule is CN1CCc2c(Cl)ccc(Cl)c2C1=O. The van der Waals surface area contributed by atoms with Crippen molar-refractivity contribution in [2.45, 2.75) is 6.42 Å². The summed E-state index contributed by atoms with van der Waals surface area (Å²) < 4.78 is 0. The Morgan fingerprint density at radius 3 is 2.64 bits per heavy atom. The molecule has 0 atom stereocenters. The predicted octanol–water partition coefficient (Wildman–Crippen LogP) is 2.62. The molecule has 0 bridgehead atoms. The highest BCUT2D eigenvalue weighted by molar-refractivity contribution is 6.36. The van der Waals surface area contributed by atoms with Gasteiger partial charge in [-0.05, 0) is 24.1 Å². The first kappa shape index (κ1) is 9.81. The monoisotopic (exact) mass is 229 g/mol. The molecule has 0 spiro atoms. The van der Waals surface area contributed by atoms with Gasteiger partial charge in [0.2, 0.25) is 0 Å². The highest BCUT2D eigenvalue weighted by Gasteiger charge is 2.25. The van der Waals surface area contributed by atoms with E-state index >= 15 is 0 Å². The molecule has 0 saturated heterocycles. The molecule has 0 aliphatic carbocycles. The Bertz CT molecular complexity index is 403. The number of rotatable bonds is 0. The molecule has 1 aromatic rings. The summed E-state index contributed by atoms with van der Waals surface area (Å²) >= 11 is 12.0. The summed E-state index contributed by atoms with van der Waals surface area (Å²) in [6.07, 6.45) is 0.775. The first-order chi connectivity index (χ1) is 6.61. The third-order valence-electron chi connectivity index (χ3n) is 2.46. The highest BCUT2D eigenvalue weighted by atomic mass is 35.5. The molecule has 14 heavy (non-hydrogen) atoms. The van der Waals surface area contributed by atoms with E-state index < -0.39 is 0 Å². The lowest BCUT2D eigenvalue weighted by Crippen LogP contribution is -2.34. The fourth-order valence-corrected chi connectivity index (χ4v) is 2.15. The summed E-state index contributed by atoms with van der Waals surface area (Å²) in [5.41, 5.74) is 1.44. The normalized spacial score (nSPS) is 15.6. The second kappa shape index (κ2) is 3.44.